The predicted octanol–water partition coefficient (Wildman–Crippen LogP) is -1.18. The molecule has 0 spiro atoms. The second-order valence-electron chi connectivity index (χ2n) is 8.89. The average Bonchev–Trinajstić information content (AvgIpc) is 3.56. The molecule has 2 aromatic rings. The van der Waals surface area contributed by atoms with Gasteiger partial charge in [-0.25, -0.2) is 18.3 Å². The zero-order valence-corrected chi connectivity index (χ0v) is 26.6. The zero-order chi connectivity index (χ0) is 31.8. The Morgan fingerprint density at radius 2 is 2.09 bits per heavy atom. The number of hydrogen-bond donors (Lipinski definition) is 4. The highest BCUT2D eigenvalue weighted by atomic mass is 32.2. The van der Waals surface area contributed by atoms with Gasteiger partial charge in [-0.15, -0.1) is 11.8 Å². The van der Waals surface area contributed by atoms with Gasteiger partial charge in [-0.2, -0.15) is 9.36 Å². The summed E-state index contributed by atoms with van der Waals surface area (Å²) in [6.45, 7) is 1.65. The first-order chi connectivity index (χ1) is 20.9. The number of carboxylic acid groups (broad SMARTS) is 1. The molecule has 44 heavy (non-hydrogen) atoms. The fourth-order valence-corrected chi connectivity index (χ4v) is 8.94. The van der Waals surface area contributed by atoms with E-state index in [1.165, 1.54) is 17.2 Å². The largest absolute Gasteiger partial charge is 0.543 e. The van der Waals surface area contributed by atoms with E-state index in [4.69, 9.17) is 14.6 Å². The molecular weight excluding hydrogens is 680 g/mol. The summed E-state index contributed by atoms with van der Waals surface area (Å²) in [5.74, 6) is -3.55. The molecule has 0 aliphatic carbocycles. The van der Waals surface area contributed by atoms with Gasteiger partial charge in [0, 0.05) is 45.3 Å². The number of aliphatic carboxylic acids is 1. The Bertz CT molecular complexity index is 1740. The number of fused-ring (bicyclic) bond motifs is 1. The quantitative estimate of drug-likeness (QED) is 0.0750. The van der Waals surface area contributed by atoms with Gasteiger partial charge in [0.1, 0.15) is 35.9 Å². The number of nitrogens with one attached hydrogen (secondary N) is 2. The van der Waals surface area contributed by atoms with Crippen LogP contribution in [0.3, 0.4) is 0 Å². The molecule has 5 heterocycles. The van der Waals surface area contributed by atoms with Crippen molar-refractivity contribution >= 4 is 92.3 Å². The van der Waals surface area contributed by atoms with E-state index in [9.17, 15) is 28.3 Å². The maximum Gasteiger partial charge on any atom is 0.429 e. The van der Waals surface area contributed by atoms with Gasteiger partial charge in [0.15, 0.2) is 16.8 Å². The first kappa shape index (κ1) is 31.9. The van der Waals surface area contributed by atoms with Gasteiger partial charge in [0.05, 0.1) is 17.4 Å². The molecule has 2 amide bonds. The van der Waals surface area contributed by atoms with E-state index < -0.39 is 59.2 Å². The number of pyridine rings is 1. The number of aromatic nitrogens is 3. The van der Waals surface area contributed by atoms with E-state index in [0.29, 0.717) is 17.2 Å². The number of anilines is 1. The zero-order valence-electron chi connectivity index (χ0n) is 22.5. The Morgan fingerprint density at radius 3 is 2.75 bits per heavy atom. The van der Waals surface area contributed by atoms with E-state index in [-0.39, 0.29) is 32.6 Å². The lowest BCUT2D eigenvalue weighted by molar-refractivity contribution is -0.671. The third kappa shape index (κ3) is 6.77. The van der Waals surface area contributed by atoms with Crippen molar-refractivity contribution in [1.29, 1.82) is 0 Å². The van der Waals surface area contributed by atoms with Gasteiger partial charge in [0.25, 0.3) is 11.8 Å². The molecule has 22 heteroatoms. The number of amides is 2. The van der Waals surface area contributed by atoms with Crippen LogP contribution in [0.5, 0.6) is 0 Å². The van der Waals surface area contributed by atoms with Crippen molar-refractivity contribution in [2.75, 3.05) is 17.4 Å². The predicted molar refractivity (Wildman–Crippen MR) is 160 cm³/mol. The van der Waals surface area contributed by atoms with Crippen LogP contribution in [0.1, 0.15) is 18.3 Å². The van der Waals surface area contributed by atoms with E-state index in [1.54, 1.807) is 31.5 Å². The number of oxime groups is 1. The normalized spacial score (nSPS) is 21.7. The molecule has 0 bridgehead atoms. The number of hydrogen-bond acceptors (Lipinski definition) is 14. The highest BCUT2D eigenvalue weighted by Gasteiger charge is 2.53. The second kappa shape index (κ2) is 12.9. The molecule has 1 saturated heterocycles. The number of carbonyl (C=O) groups excluding carboxylic acids is 3. The van der Waals surface area contributed by atoms with Gasteiger partial charge < -0.3 is 29.8 Å². The fourth-order valence-electron chi connectivity index (χ4n) is 3.97. The highest BCUT2D eigenvalue weighted by Crippen LogP contribution is 2.44. The first-order valence-corrected chi connectivity index (χ1v) is 17.7. The average molecular weight is 701 g/mol. The Hall–Kier alpha value is -3.46. The van der Waals surface area contributed by atoms with Gasteiger partial charge >= 0.3 is 7.75 Å². The van der Waals surface area contributed by atoms with Crippen LogP contribution in [-0.4, -0.2) is 79.9 Å². The first-order valence-electron chi connectivity index (χ1n) is 12.3. The SMILES string of the molecule is CCO/N=C(\C(=O)N[C@@H]1C(=O)N2C(C(=O)[O-])=C(SC3=NC(c4cc[n+](C)cc4)=CS3=O)CS[C@H]12)c1nsc(NP(=O)(O)O)n1. The van der Waals surface area contributed by atoms with Crippen LogP contribution in [0.15, 0.2) is 50.7 Å². The fraction of sp³-hybridized carbons (Fsp3) is 0.273. The minimum Gasteiger partial charge on any atom is -0.543 e. The lowest BCUT2D eigenvalue weighted by Crippen LogP contribution is -2.71. The monoisotopic (exact) mass is 700 g/mol. The van der Waals surface area contributed by atoms with Crippen LogP contribution in [0.25, 0.3) is 5.70 Å². The summed E-state index contributed by atoms with van der Waals surface area (Å²) in [7, 11) is -4.49. The smallest absolute Gasteiger partial charge is 0.429 e. The van der Waals surface area contributed by atoms with Crippen LogP contribution in [0.4, 0.5) is 5.13 Å². The molecule has 0 radical (unpaired) electrons. The van der Waals surface area contributed by atoms with Crippen molar-refractivity contribution in [2.45, 2.75) is 18.3 Å². The second-order valence-corrected chi connectivity index (χ2v) is 14.6. The number of β-lactam (4-membered cyclic amide) rings is 1. The van der Waals surface area contributed by atoms with Crippen molar-refractivity contribution in [3.63, 3.8) is 0 Å². The Kier molecular flexibility index (Phi) is 9.35. The molecule has 5 rings (SSSR count). The summed E-state index contributed by atoms with van der Waals surface area (Å²) in [5.41, 5.74) is 0.310. The van der Waals surface area contributed by atoms with Crippen molar-refractivity contribution in [3.05, 3.63) is 51.9 Å². The Morgan fingerprint density at radius 1 is 1.36 bits per heavy atom. The summed E-state index contributed by atoms with van der Waals surface area (Å²) in [6, 6.07) is 2.43. The van der Waals surface area contributed by atoms with E-state index in [2.05, 4.69) is 24.8 Å². The molecule has 1 unspecified atom stereocenters. The summed E-state index contributed by atoms with van der Waals surface area (Å²) >= 11 is 2.60. The molecule has 1 fully saturated rings. The molecule has 3 atom stereocenters. The molecule has 4 N–H and O–H groups in total. The van der Waals surface area contributed by atoms with Crippen molar-refractivity contribution in [3.8, 4) is 0 Å². The lowest BCUT2D eigenvalue weighted by atomic mass is 10.0. The van der Waals surface area contributed by atoms with Gasteiger partial charge in [-0.05, 0) is 6.92 Å². The summed E-state index contributed by atoms with van der Waals surface area (Å²) in [6.07, 6.45) is 3.61. The lowest BCUT2D eigenvalue weighted by Gasteiger charge is -2.50. The minimum atomic E-state index is -4.70. The maximum atomic E-state index is 13.2. The van der Waals surface area contributed by atoms with Crippen molar-refractivity contribution < 1.29 is 47.5 Å². The molecule has 232 valence electrons. The van der Waals surface area contributed by atoms with E-state index in [1.807, 2.05) is 16.7 Å². The third-order valence-electron chi connectivity index (χ3n) is 5.88. The molecule has 0 aromatic carbocycles. The van der Waals surface area contributed by atoms with Crippen LogP contribution in [0, 0.1) is 0 Å². The molecule has 17 nitrogen and oxygen atoms in total. The topological polar surface area (TPSA) is 240 Å². The molecule has 3 aliphatic heterocycles. The molecule has 0 saturated carbocycles. The number of aryl methyl sites for hydroxylation is 1. The molecule has 2 aromatic heterocycles. The van der Waals surface area contributed by atoms with E-state index in [0.717, 1.165) is 22.2 Å². The van der Waals surface area contributed by atoms with Gasteiger partial charge in [-0.1, -0.05) is 16.9 Å². The maximum absolute atomic E-state index is 13.2. The third-order valence-corrected chi connectivity index (χ3v) is 11.1. The molecular formula is C22H21N8O9PS4. The standard InChI is InChI=1S/C22H21N8O9PS4/c1-3-39-26-13(16-25-21(43-28-16)27-40(35,36)37)17(31)24-14-18(32)30-15(20(33)34)12(8-41-19(14)30)42-22-23-11(9-44(22)38)10-4-6-29(2)7-5-10/h4-7,9,14,19H,3,8H2,1-2H3,(H4-,24,25,27,28,31,33,34,35,36,37)/b26-13-/t14-,19-,44?/m1/s1. The number of thioether (sulfide) groups is 2. The van der Waals surface area contributed by atoms with Gasteiger partial charge in [0.2, 0.25) is 16.7 Å². The summed E-state index contributed by atoms with van der Waals surface area (Å²) in [5, 5.41) is 20.5. The van der Waals surface area contributed by atoms with Crippen molar-refractivity contribution in [1.82, 2.24) is 19.6 Å². The Balaban J connectivity index is 1.32. The summed E-state index contributed by atoms with van der Waals surface area (Å²) < 4.78 is 29.8. The number of carbonyl (C=O) groups is 3. The number of carboxylic acids is 1. The van der Waals surface area contributed by atoms with Crippen LogP contribution in [0.2, 0.25) is 0 Å². The summed E-state index contributed by atoms with van der Waals surface area (Å²) in [4.78, 5) is 71.1. The van der Waals surface area contributed by atoms with Gasteiger partial charge in [-0.3, -0.25) is 19.6 Å². The van der Waals surface area contributed by atoms with E-state index >= 15 is 0 Å². The number of rotatable bonds is 10. The van der Waals surface area contributed by atoms with Crippen LogP contribution < -0.4 is 20.1 Å². The number of nitrogens with zero attached hydrogens (tertiary/aromatic N) is 6. The molecule has 3 aliphatic rings. The van der Waals surface area contributed by atoms with Crippen LogP contribution in [-0.2, 0) is 41.6 Å². The highest BCUT2D eigenvalue weighted by molar-refractivity contribution is 8.36. The number of aliphatic imine (C=N–C) groups is 1. The van der Waals surface area contributed by atoms with Crippen LogP contribution >= 0.6 is 42.8 Å². The van der Waals surface area contributed by atoms with Crippen molar-refractivity contribution in [2.24, 2.45) is 17.2 Å². The Labute approximate surface area is 263 Å². The minimum absolute atomic E-state index is 0.0561.